The molecule has 0 bridgehead atoms. The number of hydrogen-bond acceptors (Lipinski definition) is 3. The third-order valence-corrected chi connectivity index (χ3v) is 4.14. The van der Waals surface area contributed by atoms with Crippen LogP contribution in [0.5, 0.6) is 0 Å². The minimum Gasteiger partial charge on any atom is -0.290 e. The molecule has 0 radical (unpaired) electrons. The Kier molecular flexibility index (Phi) is 3.64. The van der Waals surface area contributed by atoms with Gasteiger partial charge in [-0.25, -0.2) is 4.98 Å². The van der Waals surface area contributed by atoms with Gasteiger partial charge in [0.05, 0.1) is 18.1 Å². The highest BCUT2D eigenvalue weighted by molar-refractivity contribution is 7.10. The molecule has 0 N–H and O–H groups in total. The first kappa shape index (κ1) is 12.3. The molecule has 2 aromatic rings. The number of nitrogens with zero attached hydrogens (tertiary/aromatic N) is 2. The molecule has 2 rings (SSSR count). The van der Waals surface area contributed by atoms with Gasteiger partial charge in [-0.3, -0.25) is 9.36 Å². The van der Waals surface area contributed by atoms with Crippen molar-refractivity contribution in [2.75, 3.05) is 0 Å². The highest BCUT2D eigenvalue weighted by Crippen LogP contribution is 2.21. The van der Waals surface area contributed by atoms with E-state index in [2.05, 4.69) is 4.98 Å². The van der Waals surface area contributed by atoms with Crippen LogP contribution in [0.15, 0.2) is 28.6 Å². The number of rotatable bonds is 3. The molecule has 17 heavy (non-hydrogen) atoms. The van der Waals surface area contributed by atoms with E-state index in [4.69, 9.17) is 11.6 Å². The first-order chi connectivity index (χ1) is 8.15. The van der Waals surface area contributed by atoms with Gasteiger partial charge in [0.1, 0.15) is 5.02 Å². The van der Waals surface area contributed by atoms with Crippen molar-refractivity contribution in [3.8, 4) is 0 Å². The standard InChI is InChI=1S/C12H13ClN2OS/c1-3-9-11(13)12(16)15(7-14-9)8(2)10-5-4-6-17-10/h4-8H,3H2,1-2H3. The molecule has 0 saturated carbocycles. The molecule has 90 valence electrons. The van der Waals surface area contributed by atoms with E-state index in [9.17, 15) is 4.79 Å². The summed E-state index contributed by atoms with van der Waals surface area (Å²) in [7, 11) is 0. The number of thiophene rings is 1. The molecule has 0 aliphatic rings. The zero-order valence-electron chi connectivity index (χ0n) is 9.68. The summed E-state index contributed by atoms with van der Waals surface area (Å²) in [6.45, 7) is 3.90. The van der Waals surface area contributed by atoms with Gasteiger partial charge in [0.25, 0.3) is 5.56 Å². The number of aryl methyl sites for hydroxylation is 1. The van der Waals surface area contributed by atoms with Crippen molar-refractivity contribution in [3.63, 3.8) is 0 Å². The maximum absolute atomic E-state index is 12.1. The van der Waals surface area contributed by atoms with Gasteiger partial charge in [0.15, 0.2) is 0 Å². The molecule has 0 amide bonds. The Hall–Kier alpha value is -1.13. The Bertz CT molecular complexity index is 562. The minimum absolute atomic E-state index is 0.0293. The molecule has 2 aromatic heterocycles. The quantitative estimate of drug-likeness (QED) is 0.857. The average Bonchev–Trinajstić information content (AvgIpc) is 2.85. The molecule has 0 fully saturated rings. The molecule has 0 aliphatic heterocycles. The van der Waals surface area contributed by atoms with Gasteiger partial charge in [-0.1, -0.05) is 24.6 Å². The van der Waals surface area contributed by atoms with Crippen LogP contribution in [0.2, 0.25) is 5.02 Å². The molecule has 0 spiro atoms. The SMILES string of the molecule is CCc1ncn(C(C)c2cccs2)c(=O)c1Cl. The third kappa shape index (κ3) is 2.28. The molecule has 0 aliphatic carbocycles. The van der Waals surface area contributed by atoms with Crippen molar-refractivity contribution in [2.45, 2.75) is 26.3 Å². The summed E-state index contributed by atoms with van der Waals surface area (Å²) in [6, 6.07) is 3.94. The van der Waals surface area contributed by atoms with Crippen LogP contribution in [0.4, 0.5) is 0 Å². The van der Waals surface area contributed by atoms with Crippen LogP contribution in [-0.4, -0.2) is 9.55 Å². The van der Waals surface area contributed by atoms with E-state index >= 15 is 0 Å². The lowest BCUT2D eigenvalue weighted by atomic mass is 10.2. The summed E-state index contributed by atoms with van der Waals surface area (Å²) < 4.78 is 1.58. The molecule has 0 saturated heterocycles. The predicted octanol–water partition coefficient (Wildman–Crippen LogP) is 3.13. The Morgan fingerprint density at radius 3 is 2.94 bits per heavy atom. The molecular weight excluding hydrogens is 256 g/mol. The van der Waals surface area contributed by atoms with E-state index in [0.717, 1.165) is 4.88 Å². The molecule has 1 atom stereocenters. The Morgan fingerprint density at radius 1 is 1.59 bits per heavy atom. The van der Waals surface area contributed by atoms with Gasteiger partial charge >= 0.3 is 0 Å². The lowest BCUT2D eigenvalue weighted by Gasteiger charge is -2.14. The summed E-state index contributed by atoms with van der Waals surface area (Å²) in [5.41, 5.74) is 0.491. The van der Waals surface area contributed by atoms with E-state index in [1.54, 1.807) is 22.2 Å². The smallest absolute Gasteiger partial charge is 0.272 e. The predicted molar refractivity (Wildman–Crippen MR) is 71.0 cm³/mol. The summed E-state index contributed by atoms with van der Waals surface area (Å²) >= 11 is 7.63. The average molecular weight is 269 g/mol. The Balaban J connectivity index is 2.47. The highest BCUT2D eigenvalue weighted by Gasteiger charge is 2.14. The summed E-state index contributed by atoms with van der Waals surface area (Å²) in [5, 5.41) is 2.23. The lowest BCUT2D eigenvalue weighted by Crippen LogP contribution is -2.25. The maximum atomic E-state index is 12.1. The number of hydrogen-bond donors (Lipinski definition) is 0. The second-order valence-electron chi connectivity index (χ2n) is 3.76. The fraction of sp³-hybridized carbons (Fsp3) is 0.333. The van der Waals surface area contributed by atoms with E-state index in [-0.39, 0.29) is 16.6 Å². The maximum Gasteiger partial charge on any atom is 0.272 e. The zero-order valence-corrected chi connectivity index (χ0v) is 11.3. The van der Waals surface area contributed by atoms with Crippen LogP contribution in [-0.2, 0) is 6.42 Å². The largest absolute Gasteiger partial charge is 0.290 e. The van der Waals surface area contributed by atoms with E-state index in [1.807, 2.05) is 31.4 Å². The van der Waals surface area contributed by atoms with Crippen LogP contribution in [0.25, 0.3) is 0 Å². The van der Waals surface area contributed by atoms with Gasteiger partial charge in [-0.05, 0) is 24.8 Å². The zero-order chi connectivity index (χ0) is 12.4. The number of aromatic nitrogens is 2. The van der Waals surface area contributed by atoms with Crippen molar-refractivity contribution in [2.24, 2.45) is 0 Å². The molecule has 0 aromatic carbocycles. The van der Waals surface area contributed by atoms with Crippen molar-refractivity contribution < 1.29 is 0 Å². The first-order valence-corrected chi connectivity index (χ1v) is 6.69. The van der Waals surface area contributed by atoms with Crippen LogP contribution in [0.1, 0.15) is 30.5 Å². The van der Waals surface area contributed by atoms with E-state index < -0.39 is 0 Å². The van der Waals surface area contributed by atoms with Gasteiger partial charge < -0.3 is 0 Å². The molecule has 3 nitrogen and oxygen atoms in total. The molecule has 2 heterocycles. The fourth-order valence-electron chi connectivity index (χ4n) is 1.67. The minimum atomic E-state index is -0.167. The van der Waals surface area contributed by atoms with Crippen LogP contribution < -0.4 is 5.56 Å². The van der Waals surface area contributed by atoms with Crippen molar-refractivity contribution in [3.05, 3.63) is 49.8 Å². The Morgan fingerprint density at radius 2 is 2.35 bits per heavy atom. The van der Waals surface area contributed by atoms with E-state index in [0.29, 0.717) is 12.1 Å². The second-order valence-corrected chi connectivity index (χ2v) is 5.12. The lowest BCUT2D eigenvalue weighted by molar-refractivity contribution is 0.607. The van der Waals surface area contributed by atoms with Crippen molar-refractivity contribution >= 4 is 22.9 Å². The summed E-state index contributed by atoms with van der Waals surface area (Å²) in [6.07, 6.45) is 2.25. The first-order valence-electron chi connectivity index (χ1n) is 5.44. The third-order valence-electron chi connectivity index (χ3n) is 2.72. The summed E-state index contributed by atoms with van der Waals surface area (Å²) in [5.74, 6) is 0. The monoisotopic (exact) mass is 268 g/mol. The van der Waals surface area contributed by atoms with Crippen LogP contribution in [0.3, 0.4) is 0 Å². The van der Waals surface area contributed by atoms with Crippen molar-refractivity contribution in [1.29, 1.82) is 0 Å². The topological polar surface area (TPSA) is 34.9 Å². The van der Waals surface area contributed by atoms with E-state index in [1.165, 1.54) is 0 Å². The molecule has 5 heteroatoms. The summed E-state index contributed by atoms with van der Waals surface area (Å²) in [4.78, 5) is 17.4. The van der Waals surface area contributed by atoms with Gasteiger partial charge in [0.2, 0.25) is 0 Å². The van der Waals surface area contributed by atoms with Crippen LogP contribution in [0, 0.1) is 0 Å². The number of halogens is 1. The van der Waals surface area contributed by atoms with Gasteiger partial charge in [-0.2, -0.15) is 0 Å². The fourth-order valence-corrected chi connectivity index (χ4v) is 2.73. The van der Waals surface area contributed by atoms with Gasteiger partial charge in [-0.15, -0.1) is 11.3 Å². The van der Waals surface area contributed by atoms with Crippen molar-refractivity contribution in [1.82, 2.24) is 9.55 Å². The highest BCUT2D eigenvalue weighted by atomic mass is 35.5. The molecule has 1 unspecified atom stereocenters. The molecular formula is C12H13ClN2OS. The van der Waals surface area contributed by atoms with Crippen LogP contribution >= 0.6 is 22.9 Å². The van der Waals surface area contributed by atoms with Gasteiger partial charge in [0, 0.05) is 4.88 Å². The Labute approximate surface area is 109 Å². The second kappa shape index (κ2) is 5.02. The normalized spacial score (nSPS) is 12.6.